The standard InChI is InChI=1S/C36H41FN4O6S/c1-7-8-17-47-31-27(46-6)14-13-25(30(31)37)24-19-38-32(39-20-24)23-11-9-22(10-12-23)18-26(33(42)40-21(2)35(44)45)41-34(43)28-15-16-29(48-28)36(3,4)5/h9-16,19-21,26H,7-8,17-18H2,1-6H3,(H,40,42)(H,41,43)(H,44,45). The number of ether oxygens (including phenoxy) is 2. The number of benzene rings is 2. The highest BCUT2D eigenvalue weighted by atomic mass is 32.1. The number of nitrogens with one attached hydrogen (secondary N) is 2. The molecule has 48 heavy (non-hydrogen) atoms. The zero-order valence-electron chi connectivity index (χ0n) is 27.9. The number of nitrogens with zero attached hydrogens (tertiary/aromatic N) is 2. The number of thiophene rings is 1. The minimum absolute atomic E-state index is 0.0498. The zero-order chi connectivity index (χ0) is 35.0. The second-order valence-corrected chi connectivity index (χ2v) is 13.4. The van der Waals surface area contributed by atoms with Crippen molar-refractivity contribution in [2.24, 2.45) is 0 Å². The van der Waals surface area contributed by atoms with Crippen LogP contribution in [-0.2, 0) is 21.4 Å². The molecule has 0 aliphatic carbocycles. The molecule has 0 fully saturated rings. The number of unbranched alkanes of at least 4 members (excludes halogenated alkanes) is 1. The molecule has 10 nitrogen and oxygen atoms in total. The predicted octanol–water partition coefficient (Wildman–Crippen LogP) is 6.43. The molecular weight excluding hydrogens is 635 g/mol. The van der Waals surface area contributed by atoms with Crippen molar-refractivity contribution >= 4 is 29.1 Å². The fourth-order valence-corrected chi connectivity index (χ4v) is 5.66. The van der Waals surface area contributed by atoms with E-state index in [1.165, 1.54) is 37.8 Å². The number of carbonyl (C=O) groups excluding carboxylic acids is 2. The molecule has 0 saturated carbocycles. The smallest absolute Gasteiger partial charge is 0.325 e. The van der Waals surface area contributed by atoms with E-state index in [-0.39, 0.29) is 23.1 Å². The van der Waals surface area contributed by atoms with Crippen LogP contribution in [0, 0.1) is 5.82 Å². The van der Waals surface area contributed by atoms with Crippen LogP contribution < -0.4 is 20.1 Å². The Labute approximate surface area is 283 Å². The molecule has 0 bridgehead atoms. The number of hydrogen-bond donors (Lipinski definition) is 3. The molecule has 0 spiro atoms. The summed E-state index contributed by atoms with van der Waals surface area (Å²) >= 11 is 1.35. The van der Waals surface area contributed by atoms with E-state index in [0.29, 0.717) is 34.2 Å². The molecule has 2 atom stereocenters. The number of carbonyl (C=O) groups is 3. The first kappa shape index (κ1) is 36.0. The molecule has 254 valence electrons. The van der Waals surface area contributed by atoms with Gasteiger partial charge in [-0.05, 0) is 48.6 Å². The Morgan fingerprint density at radius 3 is 2.25 bits per heavy atom. The summed E-state index contributed by atoms with van der Waals surface area (Å²) in [5.41, 5.74) is 2.01. The number of halogens is 1. The van der Waals surface area contributed by atoms with Gasteiger partial charge < -0.3 is 25.2 Å². The van der Waals surface area contributed by atoms with Crippen LogP contribution in [0.3, 0.4) is 0 Å². The Hall–Kier alpha value is -4.84. The molecule has 0 aliphatic rings. The van der Waals surface area contributed by atoms with Gasteiger partial charge in [0.15, 0.2) is 23.1 Å². The van der Waals surface area contributed by atoms with E-state index in [2.05, 4.69) is 20.6 Å². The average Bonchev–Trinajstić information content (AvgIpc) is 3.57. The highest BCUT2D eigenvalue weighted by Gasteiger charge is 2.27. The summed E-state index contributed by atoms with van der Waals surface area (Å²) in [6.45, 7) is 9.90. The van der Waals surface area contributed by atoms with Crippen LogP contribution in [0.1, 0.15) is 67.6 Å². The summed E-state index contributed by atoms with van der Waals surface area (Å²) in [6.07, 6.45) is 4.87. The first-order valence-electron chi connectivity index (χ1n) is 15.7. The molecule has 2 unspecified atom stereocenters. The highest BCUT2D eigenvalue weighted by molar-refractivity contribution is 7.14. The molecule has 0 aliphatic heterocycles. The van der Waals surface area contributed by atoms with Crippen LogP contribution in [0.2, 0.25) is 0 Å². The summed E-state index contributed by atoms with van der Waals surface area (Å²) in [4.78, 5) is 48.1. The van der Waals surface area contributed by atoms with E-state index in [1.807, 2.05) is 33.8 Å². The van der Waals surface area contributed by atoms with Crippen LogP contribution in [0.25, 0.3) is 22.5 Å². The molecule has 2 amide bonds. The number of hydrogen-bond acceptors (Lipinski definition) is 8. The number of aliphatic carboxylic acids is 1. The number of rotatable bonds is 14. The van der Waals surface area contributed by atoms with Gasteiger partial charge in [-0.15, -0.1) is 11.3 Å². The molecule has 12 heteroatoms. The Morgan fingerprint density at radius 1 is 0.979 bits per heavy atom. The summed E-state index contributed by atoms with van der Waals surface area (Å²) < 4.78 is 26.4. The van der Waals surface area contributed by atoms with E-state index in [4.69, 9.17) is 9.47 Å². The number of aromatic nitrogens is 2. The van der Waals surface area contributed by atoms with Gasteiger partial charge in [0.2, 0.25) is 5.91 Å². The Balaban J connectivity index is 1.51. The third-order valence-corrected chi connectivity index (χ3v) is 9.07. The maximum Gasteiger partial charge on any atom is 0.325 e. The van der Waals surface area contributed by atoms with Crippen LogP contribution in [0.15, 0.2) is 60.9 Å². The van der Waals surface area contributed by atoms with Gasteiger partial charge >= 0.3 is 5.97 Å². The minimum atomic E-state index is -1.19. The van der Waals surface area contributed by atoms with Crippen molar-refractivity contribution in [2.45, 2.75) is 71.4 Å². The van der Waals surface area contributed by atoms with Crippen molar-refractivity contribution in [1.29, 1.82) is 0 Å². The highest BCUT2D eigenvalue weighted by Crippen LogP contribution is 2.37. The lowest BCUT2D eigenvalue weighted by atomic mass is 9.95. The van der Waals surface area contributed by atoms with Gasteiger partial charge in [0, 0.05) is 40.4 Å². The maximum atomic E-state index is 15.5. The maximum absolute atomic E-state index is 15.5. The average molecular weight is 677 g/mol. The summed E-state index contributed by atoms with van der Waals surface area (Å²) in [5, 5.41) is 14.5. The summed E-state index contributed by atoms with van der Waals surface area (Å²) in [6, 6.07) is 11.8. The molecule has 4 rings (SSSR count). The first-order valence-corrected chi connectivity index (χ1v) is 16.5. The molecule has 4 aromatic rings. The lowest BCUT2D eigenvalue weighted by Crippen LogP contribution is -2.51. The van der Waals surface area contributed by atoms with Gasteiger partial charge in [-0.3, -0.25) is 14.4 Å². The van der Waals surface area contributed by atoms with Crippen LogP contribution in [-0.4, -0.2) is 58.7 Å². The third-order valence-electron chi connectivity index (χ3n) is 7.56. The van der Waals surface area contributed by atoms with Crippen molar-refractivity contribution in [2.75, 3.05) is 13.7 Å². The largest absolute Gasteiger partial charge is 0.493 e. The van der Waals surface area contributed by atoms with Gasteiger partial charge in [-0.2, -0.15) is 0 Å². The number of amides is 2. The molecule has 2 heterocycles. The van der Waals surface area contributed by atoms with E-state index >= 15 is 4.39 Å². The minimum Gasteiger partial charge on any atom is -0.493 e. The summed E-state index contributed by atoms with van der Waals surface area (Å²) in [5.74, 6) is -2.01. The van der Waals surface area contributed by atoms with Crippen molar-refractivity contribution in [3.05, 3.63) is 82.1 Å². The second-order valence-electron chi connectivity index (χ2n) is 12.4. The van der Waals surface area contributed by atoms with Crippen molar-refractivity contribution in [1.82, 2.24) is 20.6 Å². The second kappa shape index (κ2) is 15.8. The van der Waals surface area contributed by atoms with Crippen molar-refractivity contribution < 1.29 is 33.4 Å². The molecule has 2 aromatic carbocycles. The van der Waals surface area contributed by atoms with Gasteiger partial charge in [-0.25, -0.2) is 14.4 Å². The lowest BCUT2D eigenvalue weighted by molar-refractivity contribution is -0.141. The van der Waals surface area contributed by atoms with Crippen LogP contribution in [0.4, 0.5) is 4.39 Å². The predicted molar refractivity (Wildman–Crippen MR) is 183 cm³/mol. The van der Waals surface area contributed by atoms with Gasteiger partial charge in [-0.1, -0.05) is 58.4 Å². The van der Waals surface area contributed by atoms with Crippen molar-refractivity contribution in [3.63, 3.8) is 0 Å². The van der Waals surface area contributed by atoms with E-state index in [9.17, 15) is 19.5 Å². The fraction of sp³-hybridized carbons (Fsp3) is 0.361. The molecule has 0 saturated heterocycles. The van der Waals surface area contributed by atoms with E-state index in [0.717, 1.165) is 23.3 Å². The lowest BCUT2D eigenvalue weighted by Gasteiger charge is -2.20. The van der Waals surface area contributed by atoms with Gasteiger partial charge in [0.1, 0.15) is 12.1 Å². The Kier molecular flexibility index (Phi) is 11.9. The number of methoxy groups -OCH3 is 1. The number of carboxylic acids is 1. The van der Waals surface area contributed by atoms with Crippen LogP contribution >= 0.6 is 11.3 Å². The Bertz CT molecular complexity index is 1730. The third kappa shape index (κ3) is 8.94. The quantitative estimate of drug-likeness (QED) is 0.130. The first-order chi connectivity index (χ1) is 22.8. The van der Waals surface area contributed by atoms with E-state index < -0.39 is 35.7 Å². The van der Waals surface area contributed by atoms with E-state index in [1.54, 1.807) is 42.5 Å². The summed E-state index contributed by atoms with van der Waals surface area (Å²) in [7, 11) is 1.46. The SMILES string of the molecule is CCCCOc1c(OC)ccc(-c2cnc(-c3ccc(CC(NC(=O)c4ccc(C(C)(C)C)s4)C(=O)NC(C)C(=O)O)cc3)nc2)c1F. The van der Waals surface area contributed by atoms with Gasteiger partial charge in [0.05, 0.1) is 18.6 Å². The fourth-order valence-electron chi connectivity index (χ4n) is 4.69. The molecular formula is C36H41FN4O6S. The molecule has 2 aromatic heterocycles. The topological polar surface area (TPSA) is 140 Å². The van der Waals surface area contributed by atoms with Crippen LogP contribution in [0.5, 0.6) is 11.5 Å². The van der Waals surface area contributed by atoms with Gasteiger partial charge in [0.25, 0.3) is 5.91 Å². The normalized spacial score (nSPS) is 12.6. The zero-order valence-corrected chi connectivity index (χ0v) is 28.7. The molecule has 3 N–H and O–H groups in total. The molecule has 0 radical (unpaired) electrons. The van der Waals surface area contributed by atoms with Crippen molar-refractivity contribution in [3.8, 4) is 34.0 Å². The monoisotopic (exact) mass is 676 g/mol. The number of carboxylic acid groups (broad SMARTS) is 1. The Morgan fingerprint density at radius 2 is 1.67 bits per heavy atom.